The van der Waals surface area contributed by atoms with E-state index in [1.165, 1.54) is 11.1 Å². The van der Waals surface area contributed by atoms with Gasteiger partial charge in [-0.05, 0) is 32.0 Å². The van der Waals surface area contributed by atoms with Crippen molar-refractivity contribution >= 4 is 11.6 Å². The Balaban J connectivity index is 2.50. The maximum absolute atomic E-state index is 5.70. The molecule has 0 aliphatic carbocycles. The molecule has 0 fully saturated rings. The molecule has 0 bridgehead atoms. The van der Waals surface area contributed by atoms with Crippen molar-refractivity contribution in [2.45, 2.75) is 26.8 Å². The van der Waals surface area contributed by atoms with E-state index in [9.17, 15) is 0 Å². The van der Waals surface area contributed by atoms with Gasteiger partial charge in [-0.25, -0.2) is 0 Å². The summed E-state index contributed by atoms with van der Waals surface area (Å²) in [7, 11) is 0. The van der Waals surface area contributed by atoms with Crippen molar-refractivity contribution in [1.29, 1.82) is 0 Å². The van der Waals surface area contributed by atoms with Crippen molar-refractivity contribution in [3.05, 3.63) is 35.4 Å². The lowest BCUT2D eigenvalue weighted by Gasteiger charge is -2.20. The van der Waals surface area contributed by atoms with E-state index in [4.69, 9.17) is 11.6 Å². The Bertz CT molecular complexity index is 286. The van der Waals surface area contributed by atoms with Crippen molar-refractivity contribution in [2.24, 2.45) is 0 Å². The monoisotopic (exact) mass is 225 g/mol. The molecule has 2 heteroatoms. The Kier molecular flexibility index (Phi) is 5.74. The van der Waals surface area contributed by atoms with Gasteiger partial charge in [-0.15, -0.1) is 11.6 Å². The summed E-state index contributed by atoms with van der Waals surface area (Å²) in [6.07, 6.45) is 1.07. The number of halogens is 1. The molecule has 0 saturated heterocycles. The highest BCUT2D eigenvalue weighted by Gasteiger charge is 2.02. The van der Waals surface area contributed by atoms with Gasteiger partial charge in [0.15, 0.2) is 0 Å². The van der Waals surface area contributed by atoms with Gasteiger partial charge in [-0.2, -0.15) is 0 Å². The SMILES string of the molecule is CCN(CCCCl)Cc1cccc(C)c1. The van der Waals surface area contributed by atoms with E-state index >= 15 is 0 Å². The van der Waals surface area contributed by atoms with Crippen LogP contribution in [0.3, 0.4) is 0 Å². The summed E-state index contributed by atoms with van der Waals surface area (Å²) in [4.78, 5) is 2.43. The first kappa shape index (κ1) is 12.5. The predicted octanol–water partition coefficient (Wildman–Crippen LogP) is 3.45. The number of hydrogen-bond acceptors (Lipinski definition) is 1. The molecule has 0 spiro atoms. The Morgan fingerprint density at radius 1 is 1.33 bits per heavy atom. The third kappa shape index (κ3) is 4.67. The molecule has 1 aromatic carbocycles. The van der Waals surface area contributed by atoms with Gasteiger partial charge in [-0.1, -0.05) is 36.8 Å². The summed E-state index contributed by atoms with van der Waals surface area (Å²) in [5.74, 6) is 0.754. The van der Waals surface area contributed by atoms with Crippen molar-refractivity contribution in [3.8, 4) is 0 Å². The van der Waals surface area contributed by atoms with Crippen LogP contribution in [0.15, 0.2) is 24.3 Å². The molecular formula is C13H20ClN. The molecule has 0 amide bonds. The molecule has 0 radical (unpaired) electrons. The average Bonchev–Trinajstić information content (AvgIpc) is 2.24. The fourth-order valence-corrected chi connectivity index (χ4v) is 1.82. The lowest BCUT2D eigenvalue weighted by atomic mass is 10.1. The second kappa shape index (κ2) is 6.86. The summed E-state index contributed by atoms with van der Waals surface area (Å²) < 4.78 is 0. The van der Waals surface area contributed by atoms with E-state index in [1.807, 2.05) is 0 Å². The van der Waals surface area contributed by atoms with Gasteiger partial charge in [0.25, 0.3) is 0 Å². The van der Waals surface area contributed by atoms with E-state index in [-0.39, 0.29) is 0 Å². The normalized spacial score (nSPS) is 10.9. The van der Waals surface area contributed by atoms with Crippen molar-refractivity contribution in [2.75, 3.05) is 19.0 Å². The summed E-state index contributed by atoms with van der Waals surface area (Å²) in [5, 5.41) is 0. The molecule has 15 heavy (non-hydrogen) atoms. The number of rotatable bonds is 6. The van der Waals surface area contributed by atoms with E-state index < -0.39 is 0 Å². The van der Waals surface area contributed by atoms with Crippen molar-refractivity contribution in [1.82, 2.24) is 4.90 Å². The van der Waals surface area contributed by atoms with Gasteiger partial charge in [-0.3, -0.25) is 4.90 Å². The summed E-state index contributed by atoms with van der Waals surface area (Å²) in [6, 6.07) is 8.71. The van der Waals surface area contributed by atoms with Gasteiger partial charge in [0.1, 0.15) is 0 Å². The second-order valence-electron chi connectivity index (χ2n) is 3.90. The first-order valence-corrected chi connectivity index (χ1v) is 6.13. The fraction of sp³-hybridized carbons (Fsp3) is 0.538. The average molecular weight is 226 g/mol. The highest BCUT2D eigenvalue weighted by Crippen LogP contribution is 2.08. The van der Waals surface area contributed by atoms with E-state index in [0.29, 0.717) is 0 Å². The Morgan fingerprint density at radius 2 is 2.13 bits per heavy atom. The van der Waals surface area contributed by atoms with E-state index in [1.54, 1.807) is 0 Å². The molecule has 1 aromatic rings. The van der Waals surface area contributed by atoms with Crippen LogP contribution in [0.1, 0.15) is 24.5 Å². The maximum Gasteiger partial charge on any atom is 0.0235 e. The summed E-state index contributed by atoms with van der Waals surface area (Å²) >= 11 is 5.70. The first-order chi connectivity index (χ1) is 7.26. The lowest BCUT2D eigenvalue weighted by molar-refractivity contribution is 0.281. The number of nitrogens with zero attached hydrogens (tertiary/aromatic N) is 1. The summed E-state index contributed by atoms with van der Waals surface area (Å²) in [6.45, 7) is 7.55. The van der Waals surface area contributed by atoms with Gasteiger partial charge in [0.05, 0.1) is 0 Å². The Hall–Kier alpha value is -0.530. The Morgan fingerprint density at radius 3 is 2.73 bits per heavy atom. The second-order valence-corrected chi connectivity index (χ2v) is 4.28. The van der Waals surface area contributed by atoms with Crippen LogP contribution in [0, 0.1) is 6.92 Å². The largest absolute Gasteiger partial charge is 0.299 e. The van der Waals surface area contributed by atoms with Crippen LogP contribution in [0.5, 0.6) is 0 Å². The van der Waals surface area contributed by atoms with Crippen molar-refractivity contribution in [3.63, 3.8) is 0 Å². The van der Waals surface area contributed by atoms with Crippen LogP contribution in [-0.4, -0.2) is 23.9 Å². The molecule has 0 atom stereocenters. The van der Waals surface area contributed by atoms with Crippen LogP contribution in [0.2, 0.25) is 0 Å². The highest BCUT2D eigenvalue weighted by atomic mass is 35.5. The fourth-order valence-electron chi connectivity index (χ4n) is 1.70. The number of alkyl halides is 1. The van der Waals surface area contributed by atoms with Crippen LogP contribution in [-0.2, 0) is 6.54 Å². The van der Waals surface area contributed by atoms with Crippen LogP contribution < -0.4 is 0 Å². The van der Waals surface area contributed by atoms with Crippen LogP contribution >= 0.6 is 11.6 Å². The minimum atomic E-state index is 0.754. The van der Waals surface area contributed by atoms with Crippen molar-refractivity contribution < 1.29 is 0 Å². The zero-order valence-corrected chi connectivity index (χ0v) is 10.4. The topological polar surface area (TPSA) is 3.24 Å². The molecule has 1 rings (SSSR count). The minimum absolute atomic E-state index is 0.754. The maximum atomic E-state index is 5.70. The molecule has 0 aliphatic rings. The molecule has 0 aromatic heterocycles. The van der Waals surface area contributed by atoms with E-state index in [2.05, 4.69) is 43.0 Å². The minimum Gasteiger partial charge on any atom is -0.299 e. The number of aryl methyl sites for hydroxylation is 1. The predicted molar refractivity (Wildman–Crippen MR) is 67.5 cm³/mol. The van der Waals surface area contributed by atoms with E-state index in [0.717, 1.165) is 31.9 Å². The van der Waals surface area contributed by atoms with Gasteiger partial charge >= 0.3 is 0 Å². The quantitative estimate of drug-likeness (QED) is 0.671. The van der Waals surface area contributed by atoms with Gasteiger partial charge in [0, 0.05) is 12.4 Å². The molecular weight excluding hydrogens is 206 g/mol. The van der Waals surface area contributed by atoms with Gasteiger partial charge in [0.2, 0.25) is 0 Å². The smallest absolute Gasteiger partial charge is 0.0235 e. The lowest BCUT2D eigenvalue weighted by Crippen LogP contribution is -2.24. The van der Waals surface area contributed by atoms with Gasteiger partial charge < -0.3 is 0 Å². The molecule has 0 unspecified atom stereocenters. The third-order valence-electron chi connectivity index (χ3n) is 2.54. The number of hydrogen-bond donors (Lipinski definition) is 0. The Labute approximate surface area is 98.0 Å². The third-order valence-corrected chi connectivity index (χ3v) is 2.81. The van der Waals surface area contributed by atoms with Crippen LogP contribution in [0.4, 0.5) is 0 Å². The first-order valence-electron chi connectivity index (χ1n) is 5.60. The zero-order valence-electron chi connectivity index (χ0n) is 9.67. The molecule has 0 saturated carbocycles. The molecule has 1 nitrogen and oxygen atoms in total. The molecule has 0 aliphatic heterocycles. The standard InChI is InChI=1S/C13H20ClN/c1-3-15(9-5-8-14)11-13-7-4-6-12(2)10-13/h4,6-7,10H,3,5,8-9,11H2,1-2H3. The molecule has 84 valence electrons. The number of benzene rings is 1. The van der Waals surface area contributed by atoms with Crippen LogP contribution in [0.25, 0.3) is 0 Å². The zero-order chi connectivity index (χ0) is 11.1. The summed E-state index contributed by atoms with van der Waals surface area (Å²) in [5.41, 5.74) is 2.73. The molecule has 0 N–H and O–H groups in total. The highest BCUT2D eigenvalue weighted by molar-refractivity contribution is 6.17. The molecule has 0 heterocycles.